The molecule has 1 aromatic rings. The average molecular weight is 358 g/mol. The van der Waals surface area contributed by atoms with Crippen LogP contribution in [0.15, 0.2) is 24.3 Å². The van der Waals surface area contributed by atoms with Crippen molar-refractivity contribution < 1.29 is 14.0 Å². The zero-order valence-corrected chi connectivity index (χ0v) is 15.2. The summed E-state index contributed by atoms with van der Waals surface area (Å²) < 4.78 is 13.9. The number of likely N-dealkylation sites (tertiary alicyclic amines) is 2. The predicted molar refractivity (Wildman–Crippen MR) is 96.9 cm³/mol. The molecular formula is C21H27FN2O2. The van der Waals surface area contributed by atoms with E-state index >= 15 is 0 Å². The van der Waals surface area contributed by atoms with E-state index in [9.17, 15) is 14.0 Å². The van der Waals surface area contributed by atoms with Crippen LogP contribution in [0.4, 0.5) is 4.39 Å². The second kappa shape index (κ2) is 7.37. The molecule has 140 valence electrons. The third-order valence-corrected chi connectivity index (χ3v) is 6.49. The third-order valence-electron chi connectivity index (χ3n) is 6.49. The van der Waals surface area contributed by atoms with Gasteiger partial charge in [0, 0.05) is 38.0 Å². The number of carbonyl (C=O) groups is 2. The molecule has 2 amide bonds. The van der Waals surface area contributed by atoms with Crippen LogP contribution in [-0.2, 0) is 16.0 Å². The number of piperidine rings is 2. The lowest BCUT2D eigenvalue weighted by atomic mass is 9.80. The molecule has 2 aliphatic heterocycles. The molecule has 1 aliphatic carbocycles. The second-order valence-corrected chi connectivity index (χ2v) is 8.00. The van der Waals surface area contributed by atoms with E-state index in [1.807, 2.05) is 15.9 Å². The Kier molecular flexibility index (Phi) is 4.96. The van der Waals surface area contributed by atoms with Crippen molar-refractivity contribution in [1.82, 2.24) is 9.80 Å². The van der Waals surface area contributed by atoms with Gasteiger partial charge in [-0.2, -0.15) is 0 Å². The highest BCUT2D eigenvalue weighted by Gasteiger charge is 2.41. The van der Waals surface area contributed by atoms with E-state index in [0.717, 1.165) is 38.8 Å². The number of benzene rings is 1. The van der Waals surface area contributed by atoms with Crippen molar-refractivity contribution in [1.29, 1.82) is 0 Å². The monoisotopic (exact) mass is 358 g/mol. The Morgan fingerprint density at radius 1 is 1.15 bits per heavy atom. The minimum Gasteiger partial charge on any atom is -0.342 e. The number of carbonyl (C=O) groups excluding carboxylic acids is 2. The molecule has 0 spiro atoms. The van der Waals surface area contributed by atoms with Crippen LogP contribution in [0.2, 0.25) is 0 Å². The van der Waals surface area contributed by atoms with Crippen molar-refractivity contribution in [2.24, 2.45) is 11.8 Å². The minimum absolute atomic E-state index is 0.182. The van der Waals surface area contributed by atoms with E-state index in [2.05, 4.69) is 0 Å². The zero-order chi connectivity index (χ0) is 18.1. The van der Waals surface area contributed by atoms with Gasteiger partial charge in [0.1, 0.15) is 5.82 Å². The molecule has 0 unspecified atom stereocenters. The number of nitrogens with zero attached hydrogens (tertiary/aromatic N) is 2. The Hall–Kier alpha value is -1.91. The maximum Gasteiger partial charge on any atom is 0.225 e. The molecule has 0 aromatic heterocycles. The summed E-state index contributed by atoms with van der Waals surface area (Å²) in [4.78, 5) is 29.0. The molecule has 0 N–H and O–H groups in total. The van der Waals surface area contributed by atoms with Gasteiger partial charge >= 0.3 is 0 Å². The lowest BCUT2D eigenvalue weighted by Crippen LogP contribution is -2.58. The molecule has 26 heavy (non-hydrogen) atoms. The molecule has 1 aromatic carbocycles. The van der Waals surface area contributed by atoms with Crippen LogP contribution < -0.4 is 0 Å². The van der Waals surface area contributed by atoms with Gasteiger partial charge in [-0.15, -0.1) is 0 Å². The molecule has 0 bridgehead atoms. The summed E-state index contributed by atoms with van der Waals surface area (Å²) in [7, 11) is 0. The highest BCUT2D eigenvalue weighted by atomic mass is 19.1. The highest BCUT2D eigenvalue weighted by molar-refractivity contribution is 5.80. The van der Waals surface area contributed by atoms with Gasteiger partial charge in [0.15, 0.2) is 0 Å². The molecule has 4 rings (SSSR count). The molecule has 3 aliphatic rings. The Bertz CT molecular complexity index is 688. The number of hydrogen-bond acceptors (Lipinski definition) is 2. The van der Waals surface area contributed by atoms with Gasteiger partial charge in [-0.05, 0) is 49.7 Å². The third kappa shape index (κ3) is 3.36. The molecule has 0 radical (unpaired) electrons. The van der Waals surface area contributed by atoms with Gasteiger partial charge in [-0.25, -0.2) is 4.39 Å². The number of rotatable bonds is 4. The van der Waals surface area contributed by atoms with Gasteiger partial charge in [-0.1, -0.05) is 24.6 Å². The maximum absolute atomic E-state index is 13.9. The lowest BCUT2D eigenvalue weighted by Gasteiger charge is -2.48. The fourth-order valence-electron chi connectivity index (χ4n) is 4.70. The summed E-state index contributed by atoms with van der Waals surface area (Å²) in [6.07, 6.45) is 6.07. The highest BCUT2D eigenvalue weighted by Crippen LogP contribution is 2.34. The van der Waals surface area contributed by atoms with Gasteiger partial charge < -0.3 is 9.80 Å². The molecule has 3 fully saturated rings. The number of fused-ring (bicyclic) bond motifs is 1. The fourth-order valence-corrected chi connectivity index (χ4v) is 4.70. The van der Waals surface area contributed by atoms with Crippen LogP contribution in [0.3, 0.4) is 0 Å². The summed E-state index contributed by atoms with van der Waals surface area (Å²) in [5, 5.41) is 0. The van der Waals surface area contributed by atoms with E-state index in [4.69, 9.17) is 0 Å². The van der Waals surface area contributed by atoms with E-state index < -0.39 is 0 Å². The number of hydrogen-bond donors (Lipinski definition) is 0. The van der Waals surface area contributed by atoms with Gasteiger partial charge in [0.25, 0.3) is 0 Å². The molecule has 1 saturated carbocycles. The minimum atomic E-state index is -0.200. The van der Waals surface area contributed by atoms with Gasteiger partial charge in [-0.3, -0.25) is 9.59 Å². The van der Waals surface area contributed by atoms with E-state index in [1.54, 1.807) is 12.1 Å². The molecule has 2 heterocycles. The fraction of sp³-hybridized carbons (Fsp3) is 0.619. The molecular weight excluding hydrogens is 331 g/mol. The maximum atomic E-state index is 13.9. The van der Waals surface area contributed by atoms with Crippen molar-refractivity contribution in [3.05, 3.63) is 35.6 Å². The molecule has 5 heteroatoms. The van der Waals surface area contributed by atoms with Gasteiger partial charge in [0.2, 0.25) is 11.8 Å². The Labute approximate surface area is 154 Å². The normalized spacial score (nSPS) is 26.4. The van der Waals surface area contributed by atoms with E-state index in [0.29, 0.717) is 36.8 Å². The number of amides is 2. The first kappa shape index (κ1) is 17.5. The van der Waals surface area contributed by atoms with Crippen LogP contribution in [-0.4, -0.2) is 47.3 Å². The van der Waals surface area contributed by atoms with Gasteiger partial charge in [0.05, 0.1) is 0 Å². The summed E-state index contributed by atoms with van der Waals surface area (Å²) in [6.45, 7) is 2.10. The Morgan fingerprint density at radius 3 is 2.69 bits per heavy atom. The van der Waals surface area contributed by atoms with Crippen molar-refractivity contribution in [3.8, 4) is 0 Å². The van der Waals surface area contributed by atoms with Crippen LogP contribution in [0.25, 0.3) is 0 Å². The van der Waals surface area contributed by atoms with E-state index in [-0.39, 0.29) is 23.7 Å². The smallest absolute Gasteiger partial charge is 0.225 e. The quantitative estimate of drug-likeness (QED) is 0.830. The van der Waals surface area contributed by atoms with Crippen LogP contribution >= 0.6 is 0 Å². The van der Waals surface area contributed by atoms with Crippen LogP contribution in [0.1, 0.15) is 44.1 Å². The molecule has 4 nitrogen and oxygen atoms in total. The lowest BCUT2D eigenvalue weighted by molar-refractivity contribution is -0.147. The first-order chi connectivity index (χ1) is 12.6. The Balaban J connectivity index is 1.39. The van der Waals surface area contributed by atoms with Crippen molar-refractivity contribution in [2.75, 3.05) is 19.6 Å². The molecule has 2 saturated heterocycles. The average Bonchev–Trinajstić information content (AvgIpc) is 2.60. The van der Waals surface area contributed by atoms with Crippen molar-refractivity contribution in [3.63, 3.8) is 0 Å². The summed E-state index contributed by atoms with van der Waals surface area (Å²) in [6, 6.07) is 7.00. The number of halogens is 1. The standard InChI is InChI=1S/C21H27FN2O2/c22-18-7-2-1-4-15(18)10-13-24-19-11-12-23(21(26)16-5-3-6-16)14-17(19)8-9-20(24)25/h1-2,4,7,16-17,19H,3,5-6,8-14H2/t17-,19+/m1/s1. The first-order valence-corrected chi connectivity index (χ1v) is 9.95. The Morgan fingerprint density at radius 2 is 1.96 bits per heavy atom. The van der Waals surface area contributed by atoms with E-state index in [1.165, 1.54) is 12.5 Å². The first-order valence-electron chi connectivity index (χ1n) is 9.95. The summed E-state index contributed by atoms with van der Waals surface area (Å²) >= 11 is 0. The zero-order valence-electron chi connectivity index (χ0n) is 15.2. The predicted octanol–water partition coefficient (Wildman–Crippen LogP) is 3.01. The second-order valence-electron chi connectivity index (χ2n) is 8.00. The van der Waals surface area contributed by atoms with Crippen LogP contribution in [0, 0.1) is 17.7 Å². The SMILES string of the molecule is O=C(C1CCC1)N1CC[C@H]2[C@H](CCC(=O)N2CCc2ccccc2F)C1. The summed E-state index contributed by atoms with van der Waals surface area (Å²) in [5.74, 6) is 0.917. The van der Waals surface area contributed by atoms with Crippen LogP contribution in [0.5, 0.6) is 0 Å². The summed E-state index contributed by atoms with van der Waals surface area (Å²) in [5.41, 5.74) is 0.667. The molecule has 2 atom stereocenters. The van der Waals surface area contributed by atoms with Crippen molar-refractivity contribution in [2.45, 2.75) is 51.0 Å². The van der Waals surface area contributed by atoms with Crippen molar-refractivity contribution >= 4 is 11.8 Å². The largest absolute Gasteiger partial charge is 0.342 e. The topological polar surface area (TPSA) is 40.6 Å².